The number of phenolic OH excluding ortho intramolecular Hbond substituents is 2. The predicted octanol–water partition coefficient (Wildman–Crippen LogP) is 2.35. The van der Waals surface area contributed by atoms with Gasteiger partial charge in [0.1, 0.15) is 11.5 Å². The molecule has 3 N–H and O–H groups in total. The van der Waals surface area contributed by atoms with Crippen LogP contribution in [-0.4, -0.2) is 39.3 Å². The minimum atomic E-state index is -0.769. The third-order valence-electron chi connectivity index (χ3n) is 4.04. The summed E-state index contributed by atoms with van der Waals surface area (Å²) >= 11 is 0. The molecule has 0 amide bonds. The Morgan fingerprint density at radius 2 is 2.05 bits per heavy atom. The molecule has 2 atom stereocenters. The average molecular weight is 279 g/mol. The monoisotopic (exact) mass is 279 g/mol. The van der Waals surface area contributed by atoms with Crippen LogP contribution in [0.15, 0.2) is 18.2 Å². The number of piperidine rings is 1. The molecular formula is C15H21NO4. The molecule has 0 bridgehead atoms. The van der Waals surface area contributed by atoms with Gasteiger partial charge in [-0.05, 0) is 44.4 Å². The van der Waals surface area contributed by atoms with Gasteiger partial charge in [-0.25, -0.2) is 0 Å². The quantitative estimate of drug-likeness (QED) is 0.788. The molecule has 1 fully saturated rings. The molecule has 1 aliphatic rings. The van der Waals surface area contributed by atoms with Gasteiger partial charge in [0.15, 0.2) is 0 Å². The van der Waals surface area contributed by atoms with Crippen molar-refractivity contribution in [3.05, 3.63) is 23.8 Å². The molecule has 5 nitrogen and oxygen atoms in total. The molecule has 0 radical (unpaired) electrons. The third-order valence-corrected chi connectivity index (χ3v) is 4.04. The summed E-state index contributed by atoms with van der Waals surface area (Å²) in [4.78, 5) is 13.0. The van der Waals surface area contributed by atoms with Crippen LogP contribution in [0.4, 0.5) is 0 Å². The number of carbonyl (C=O) groups is 1. The Kier molecular flexibility index (Phi) is 4.49. The first-order valence-corrected chi connectivity index (χ1v) is 6.95. The number of likely N-dealkylation sites (tertiary alicyclic amines) is 1. The SMILES string of the molecule is CC(c1c(O)cccc1O)N1CCCC(CC(=O)O)C1. The number of benzene rings is 1. The zero-order chi connectivity index (χ0) is 14.7. The largest absolute Gasteiger partial charge is 0.507 e. The van der Waals surface area contributed by atoms with Crippen LogP contribution in [0.25, 0.3) is 0 Å². The van der Waals surface area contributed by atoms with E-state index >= 15 is 0 Å². The maximum Gasteiger partial charge on any atom is 0.303 e. The highest BCUT2D eigenvalue weighted by atomic mass is 16.4. The van der Waals surface area contributed by atoms with Gasteiger partial charge in [0.05, 0.1) is 5.56 Å². The minimum Gasteiger partial charge on any atom is -0.507 e. The number of aromatic hydroxyl groups is 2. The smallest absolute Gasteiger partial charge is 0.303 e. The molecule has 1 saturated heterocycles. The van der Waals surface area contributed by atoms with Gasteiger partial charge in [0.2, 0.25) is 0 Å². The normalized spacial score (nSPS) is 21.6. The maximum absolute atomic E-state index is 10.8. The lowest BCUT2D eigenvalue weighted by atomic mass is 9.92. The van der Waals surface area contributed by atoms with E-state index in [9.17, 15) is 15.0 Å². The van der Waals surface area contributed by atoms with Crippen LogP contribution >= 0.6 is 0 Å². The Hall–Kier alpha value is -1.75. The second-order valence-electron chi connectivity index (χ2n) is 5.49. The van der Waals surface area contributed by atoms with Crippen LogP contribution in [-0.2, 0) is 4.79 Å². The van der Waals surface area contributed by atoms with E-state index in [1.165, 1.54) is 0 Å². The van der Waals surface area contributed by atoms with Gasteiger partial charge in [0, 0.05) is 19.0 Å². The molecule has 0 aromatic heterocycles. The molecule has 1 heterocycles. The highest BCUT2D eigenvalue weighted by Crippen LogP contribution is 2.37. The van der Waals surface area contributed by atoms with Crippen LogP contribution in [0.5, 0.6) is 11.5 Å². The van der Waals surface area contributed by atoms with Gasteiger partial charge in [-0.2, -0.15) is 0 Å². The Morgan fingerprint density at radius 3 is 2.65 bits per heavy atom. The van der Waals surface area contributed by atoms with Gasteiger partial charge >= 0.3 is 5.97 Å². The summed E-state index contributed by atoms with van der Waals surface area (Å²) in [6, 6.07) is 4.59. The molecule has 2 unspecified atom stereocenters. The van der Waals surface area contributed by atoms with Gasteiger partial charge < -0.3 is 15.3 Å². The van der Waals surface area contributed by atoms with Gasteiger partial charge in [-0.15, -0.1) is 0 Å². The zero-order valence-electron chi connectivity index (χ0n) is 11.6. The van der Waals surface area contributed by atoms with Crippen molar-refractivity contribution in [3.8, 4) is 11.5 Å². The summed E-state index contributed by atoms with van der Waals surface area (Å²) in [5.41, 5.74) is 0.517. The van der Waals surface area contributed by atoms with Crippen LogP contribution in [0.1, 0.15) is 37.8 Å². The number of carboxylic acid groups (broad SMARTS) is 1. The fourth-order valence-corrected chi connectivity index (χ4v) is 3.01. The molecule has 0 aliphatic carbocycles. The standard InChI is InChI=1S/C15H21NO4/c1-10(15-12(17)5-2-6-13(15)18)16-7-3-4-11(9-16)8-14(19)20/h2,5-6,10-11,17-18H,3-4,7-9H2,1H3,(H,19,20). The molecule has 1 aromatic carbocycles. The first-order chi connectivity index (χ1) is 9.49. The molecule has 20 heavy (non-hydrogen) atoms. The Morgan fingerprint density at radius 1 is 1.40 bits per heavy atom. The van der Waals surface area contributed by atoms with Gasteiger partial charge in [-0.3, -0.25) is 9.69 Å². The number of phenols is 2. The highest BCUT2D eigenvalue weighted by molar-refractivity contribution is 5.67. The lowest BCUT2D eigenvalue weighted by Crippen LogP contribution is -2.38. The van der Waals surface area contributed by atoms with E-state index < -0.39 is 5.97 Å². The molecule has 2 rings (SSSR count). The molecule has 110 valence electrons. The second kappa shape index (κ2) is 6.13. The Bertz CT molecular complexity index is 469. The van der Waals surface area contributed by atoms with E-state index in [1.807, 2.05) is 6.92 Å². The third kappa shape index (κ3) is 3.22. The summed E-state index contributed by atoms with van der Waals surface area (Å²) in [6.07, 6.45) is 2.04. The van der Waals surface area contributed by atoms with Crippen molar-refractivity contribution in [1.82, 2.24) is 4.90 Å². The summed E-state index contributed by atoms with van der Waals surface area (Å²) < 4.78 is 0. The predicted molar refractivity (Wildman–Crippen MR) is 74.7 cm³/mol. The number of carboxylic acids is 1. The minimum absolute atomic E-state index is 0.0814. The van der Waals surface area contributed by atoms with E-state index in [0.717, 1.165) is 19.4 Å². The van der Waals surface area contributed by atoms with Gasteiger partial charge in [0.25, 0.3) is 0 Å². The fraction of sp³-hybridized carbons (Fsp3) is 0.533. The maximum atomic E-state index is 10.8. The first kappa shape index (κ1) is 14.7. The number of aliphatic carboxylic acids is 1. The van der Waals surface area contributed by atoms with E-state index in [2.05, 4.69) is 4.90 Å². The van der Waals surface area contributed by atoms with Crippen LogP contribution in [0.3, 0.4) is 0 Å². The fourth-order valence-electron chi connectivity index (χ4n) is 3.01. The lowest BCUT2D eigenvalue weighted by molar-refractivity contribution is -0.138. The summed E-state index contributed by atoms with van der Waals surface area (Å²) in [6.45, 7) is 3.46. The van der Waals surface area contributed by atoms with Crippen molar-refractivity contribution >= 4 is 5.97 Å². The second-order valence-corrected chi connectivity index (χ2v) is 5.49. The number of rotatable bonds is 4. The average Bonchev–Trinajstić information content (AvgIpc) is 2.38. The van der Waals surface area contributed by atoms with E-state index in [4.69, 9.17) is 5.11 Å². The summed E-state index contributed by atoms with van der Waals surface area (Å²) in [7, 11) is 0. The van der Waals surface area contributed by atoms with Crippen molar-refractivity contribution in [2.24, 2.45) is 5.92 Å². The van der Waals surface area contributed by atoms with E-state index in [0.29, 0.717) is 12.1 Å². The highest BCUT2D eigenvalue weighted by Gasteiger charge is 2.28. The first-order valence-electron chi connectivity index (χ1n) is 6.95. The lowest BCUT2D eigenvalue weighted by Gasteiger charge is -2.36. The van der Waals surface area contributed by atoms with Crippen molar-refractivity contribution in [2.45, 2.75) is 32.2 Å². The molecule has 1 aliphatic heterocycles. The van der Waals surface area contributed by atoms with Crippen molar-refractivity contribution < 1.29 is 20.1 Å². The van der Waals surface area contributed by atoms with Crippen LogP contribution in [0.2, 0.25) is 0 Å². The topological polar surface area (TPSA) is 81.0 Å². The Labute approximate surface area is 118 Å². The molecular weight excluding hydrogens is 258 g/mol. The van der Waals surface area contributed by atoms with Crippen molar-refractivity contribution in [2.75, 3.05) is 13.1 Å². The van der Waals surface area contributed by atoms with Crippen molar-refractivity contribution in [3.63, 3.8) is 0 Å². The summed E-state index contributed by atoms with van der Waals surface area (Å²) in [5, 5.41) is 28.7. The summed E-state index contributed by atoms with van der Waals surface area (Å²) in [5.74, 6) is -0.470. The van der Waals surface area contributed by atoms with Crippen molar-refractivity contribution in [1.29, 1.82) is 0 Å². The zero-order valence-corrected chi connectivity index (χ0v) is 11.6. The number of hydrogen-bond acceptors (Lipinski definition) is 4. The van der Waals surface area contributed by atoms with E-state index in [1.54, 1.807) is 18.2 Å². The number of nitrogens with zero attached hydrogens (tertiary/aromatic N) is 1. The van der Waals surface area contributed by atoms with E-state index in [-0.39, 0.29) is 29.9 Å². The van der Waals surface area contributed by atoms with Gasteiger partial charge in [-0.1, -0.05) is 6.07 Å². The molecule has 1 aromatic rings. The Balaban J connectivity index is 2.12. The molecule has 0 spiro atoms. The number of hydrogen-bond donors (Lipinski definition) is 3. The van der Waals surface area contributed by atoms with Crippen LogP contribution < -0.4 is 0 Å². The van der Waals surface area contributed by atoms with Crippen LogP contribution in [0, 0.1) is 5.92 Å². The molecule has 0 saturated carbocycles. The molecule has 5 heteroatoms.